The van der Waals surface area contributed by atoms with Crippen LogP contribution in [0.4, 0.5) is 0 Å². The second-order valence-corrected chi connectivity index (χ2v) is 0.540. The van der Waals surface area contributed by atoms with E-state index in [1.165, 1.54) is 5.59 Å². The van der Waals surface area contributed by atoms with Crippen LogP contribution in [0.1, 0.15) is 0 Å². The third kappa shape index (κ3) is 1.48. The maximum Gasteiger partial charge on any atom is 0.383 e. The number of hydrogen-bond acceptors (Lipinski definition) is 3. The van der Waals surface area contributed by atoms with Crippen molar-refractivity contribution in [2.75, 3.05) is 7.11 Å². The van der Waals surface area contributed by atoms with Crippen molar-refractivity contribution in [1.29, 1.82) is 0 Å². The van der Waals surface area contributed by atoms with Crippen LogP contribution in [-0.4, -0.2) is 17.3 Å². The van der Waals surface area contributed by atoms with Crippen LogP contribution in [0, 0.1) is 4.91 Å². The smallest absolute Gasteiger partial charge is 0.236 e. The van der Waals surface area contributed by atoms with Gasteiger partial charge < -0.3 is 0 Å². The molecule has 0 spiro atoms. The highest BCUT2D eigenvalue weighted by molar-refractivity contribution is 3.65. The quantitative estimate of drug-likeness (QED) is 0.439. The van der Waals surface area contributed by atoms with Gasteiger partial charge in [-0.2, -0.15) is 0 Å². The molecule has 0 heterocycles. The topological polar surface area (TPSA) is 61.6 Å². The first-order valence-electron chi connectivity index (χ1n) is 1.22. The van der Waals surface area contributed by atoms with Crippen LogP contribution in [0.2, 0.25) is 0 Å². The number of hydrogen-bond donors (Lipinski definition) is 2. The van der Waals surface area contributed by atoms with E-state index in [4.69, 9.17) is 5.21 Å². The van der Waals surface area contributed by atoms with E-state index in [-0.39, 0.29) is 5.03 Å². The Hall–Kier alpha value is -0.840. The van der Waals surface area contributed by atoms with Crippen LogP contribution in [0.5, 0.6) is 0 Å². The molecule has 0 aliphatic heterocycles. The van der Waals surface area contributed by atoms with Crippen LogP contribution in [0.3, 0.4) is 0 Å². The van der Waals surface area contributed by atoms with Crippen molar-refractivity contribution in [3.8, 4) is 0 Å². The molecule has 0 amide bonds. The van der Waals surface area contributed by atoms with E-state index >= 15 is 0 Å². The van der Waals surface area contributed by atoms with Crippen molar-refractivity contribution in [2.45, 2.75) is 0 Å². The van der Waals surface area contributed by atoms with Crippen LogP contribution in [-0.2, 0) is 4.84 Å². The van der Waals surface area contributed by atoms with Gasteiger partial charge in [0.15, 0.2) is 7.11 Å². The molecule has 0 atom stereocenters. The van der Waals surface area contributed by atoms with E-state index in [2.05, 4.69) is 4.84 Å². The summed E-state index contributed by atoms with van der Waals surface area (Å²) in [6.45, 7) is 0. The molecule has 0 unspecified atom stereocenters. The highest BCUT2D eigenvalue weighted by atomic mass is 16.8. The summed E-state index contributed by atoms with van der Waals surface area (Å²) in [5, 5.41) is 7.38. The van der Waals surface area contributed by atoms with E-state index in [0.717, 1.165) is 7.11 Å². The lowest BCUT2D eigenvalue weighted by Gasteiger charge is -1.75. The first-order valence-corrected chi connectivity index (χ1v) is 1.22. The van der Waals surface area contributed by atoms with Gasteiger partial charge in [-0.25, -0.2) is 10.0 Å². The summed E-state index contributed by atoms with van der Waals surface area (Å²) in [5.74, 6) is 0. The van der Waals surface area contributed by atoms with Crippen LogP contribution in [0.25, 0.3) is 0 Å². The highest BCUT2D eigenvalue weighted by Crippen LogP contribution is 1.54. The number of nitrogens with zero attached hydrogens (tertiary/aromatic N) is 1. The Morgan fingerprint density at radius 3 is 2.50 bits per heavy atom. The van der Waals surface area contributed by atoms with E-state index in [9.17, 15) is 4.91 Å². The largest absolute Gasteiger partial charge is 0.383 e. The molecule has 36 valence electrons. The molecule has 0 saturated heterocycles. The Labute approximate surface area is 34.0 Å². The highest BCUT2D eigenvalue weighted by Gasteiger charge is 1.96. The van der Waals surface area contributed by atoms with Gasteiger partial charge >= 0.3 is 5.03 Å². The van der Waals surface area contributed by atoms with Gasteiger partial charge in [0.1, 0.15) is 4.91 Å². The molecule has 0 aliphatic rings. The Balaban J connectivity index is 2.99. The van der Waals surface area contributed by atoms with Crippen LogP contribution in [0.15, 0.2) is 0 Å². The first kappa shape index (κ1) is 5.16. The van der Waals surface area contributed by atoms with Gasteiger partial charge in [0.05, 0.1) is 0 Å². The summed E-state index contributed by atoms with van der Waals surface area (Å²) in [5.41, 5.74) is 1.17. The normalized spacial score (nSPS) is 7.00. The molecule has 0 fully saturated rings. The number of nitrogens with one attached hydrogen (secondary N) is 1. The first-order chi connectivity index (χ1) is 2.81. The van der Waals surface area contributed by atoms with Crippen molar-refractivity contribution >= 4 is 0 Å². The molecule has 5 heteroatoms. The molecule has 0 saturated carbocycles. The predicted molar refractivity (Wildman–Crippen MR) is 15.6 cm³/mol. The van der Waals surface area contributed by atoms with Gasteiger partial charge in [-0.15, -0.1) is 0 Å². The molecule has 5 nitrogen and oxygen atoms in total. The minimum absolute atomic E-state index is 0.194. The van der Waals surface area contributed by atoms with Gasteiger partial charge in [-0.05, 0) is 0 Å². The minimum Gasteiger partial charge on any atom is -0.236 e. The van der Waals surface area contributed by atoms with Crippen molar-refractivity contribution in [3.05, 3.63) is 4.91 Å². The van der Waals surface area contributed by atoms with Crippen molar-refractivity contribution < 1.29 is 15.1 Å². The fraction of sp³-hybridized carbons (Fsp3) is 1.00. The van der Waals surface area contributed by atoms with Gasteiger partial charge in [0, 0.05) is 5.59 Å². The fourth-order valence-electron chi connectivity index (χ4n) is 0.0408. The molecule has 6 heavy (non-hydrogen) atoms. The van der Waals surface area contributed by atoms with Crippen LogP contribution < -0.4 is 5.59 Å². The molecule has 0 bridgehead atoms. The summed E-state index contributed by atoms with van der Waals surface area (Å²) >= 11 is 0. The predicted octanol–water partition coefficient (Wildman–Crippen LogP) is -0.779. The molecule has 0 aromatic heterocycles. The Kier molecular flexibility index (Phi) is 2.06. The van der Waals surface area contributed by atoms with Gasteiger partial charge in [-0.3, -0.25) is 0 Å². The zero-order valence-electron chi connectivity index (χ0n) is 3.21. The lowest BCUT2D eigenvalue weighted by molar-refractivity contribution is -0.864. The van der Waals surface area contributed by atoms with Gasteiger partial charge in [0.2, 0.25) is 0 Å². The third-order valence-corrected chi connectivity index (χ3v) is 0.247. The molecule has 0 aromatic rings. The summed E-state index contributed by atoms with van der Waals surface area (Å²) in [6, 6.07) is 0. The Morgan fingerprint density at radius 1 is 2.00 bits per heavy atom. The molecule has 0 rings (SSSR count). The molecular weight excluding hydrogens is 88.0 g/mol. The van der Waals surface area contributed by atoms with Crippen molar-refractivity contribution in [1.82, 2.24) is 5.59 Å². The van der Waals surface area contributed by atoms with Crippen molar-refractivity contribution in [3.63, 3.8) is 0 Å². The molecule has 0 aliphatic carbocycles. The summed E-state index contributed by atoms with van der Waals surface area (Å²) in [6.07, 6.45) is 0. The maximum absolute atomic E-state index is 9.51. The summed E-state index contributed by atoms with van der Waals surface area (Å²) in [7, 11) is 1.12. The Bertz CT molecular complexity index is 46.8. The van der Waals surface area contributed by atoms with Gasteiger partial charge in [0.25, 0.3) is 0 Å². The zero-order valence-corrected chi connectivity index (χ0v) is 3.21. The fourth-order valence-corrected chi connectivity index (χ4v) is 0.0408. The monoisotopic (exact) mass is 93.0 g/mol. The second kappa shape index (κ2) is 2.40. The zero-order chi connectivity index (χ0) is 4.99. The van der Waals surface area contributed by atoms with Gasteiger partial charge in [-0.1, -0.05) is 0 Å². The maximum atomic E-state index is 9.51. The summed E-state index contributed by atoms with van der Waals surface area (Å²) < 4.78 is 0. The third-order valence-electron chi connectivity index (χ3n) is 0.247. The number of rotatable bonds is 2. The summed E-state index contributed by atoms with van der Waals surface area (Å²) in [4.78, 5) is 13.3. The van der Waals surface area contributed by atoms with E-state index in [0.29, 0.717) is 0 Å². The SMILES string of the molecule is CO[N+](=O)NO. The van der Waals surface area contributed by atoms with Crippen molar-refractivity contribution in [2.24, 2.45) is 0 Å². The minimum atomic E-state index is -0.194. The molecule has 0 radical (unpaired) electrons. The van der Waals surface area contributed by atoms with E-state index < -0.39 is 0 Å². The lowest BCUT2D eigenvalue weighted by atomic mass is 11.7. The van der Waals surface area contributed by atoms with E-state index in [1.807, 2.05) is 0 Å². The lowest BCUT2D eigenvalue weighted by Crippen LogP contribution is -2.20. The second-order valence-electron chi connectivity index (χ2n) is 0.540. The van der Waals surface area contributed by atoms with E-state index in [1.54, 1.807) is 0 Å². The molecule has 0 aromatic carbocycles. The average Bonchev–Trinajstić information content (AvgIpc) is 1.65. The Morgan fingerprint density at radius 2 is 2.50 bits per heavy atom. The average molecular weight is 93.1 g/mol. The van der Waals surface area contributed by atoms with Crippen LogP contribution >= 0.6 is 0 Å². The standard InChI is InChI=1S/CH5N2O3/c1-6-3(5)2-4/h4H,1H3,(H,2,5)/q+1. The molecule has 2 N–H and O–H groups in total. The molecular formula is CH5N2O3+. The number of hydrazine groups is 1.